The number of nitrogens with one attached hydrogen (secondary N) is 1. The number of alkyl carbamates (subject to hydrolysis) is 1. The van der Waals surface area contributed by atoms with Crippen LogP contribution in [0.25, 0.3) is 0 Å². The van der Waals surface area contributed by atoms with Gasteiger partial charge in [-0.05, 0) is 51.4 Å². The molecule has 1 rings (SSSR count). The van der Waals surface area contributed by atoms with E-state index in [4.69, 9.17) is 4.74 Å². The summed E-state index contributed by atoms with van der Waals surface area (Å²) < 4.78 is 5.53. The van der Waals surface area contributed by atoms with Crippen molar-refractivity contribution in [1.29, 1.82) is 0 Å². The van der Waals surface area contributed by atoms with Gasteiger partial charge in [0, 0.05) is 24.3 Å². The van der Waals surface area contributed by atoms with Crippen molar-refractivity contribution in [2.24, 2.45) is 0 Å². The second-order valence-corrected chi connectivity index (χ2v) is 12.6. The highest BCUT2D eigenvalue weighted by molar-refractivity contribution is 5.85. The molecular weight excluding hydrogens is 582 g/mol. The molecule has 0 aromatic heterocycles. The number of hydrogen-bond acceptors (Lipinski definition) is 4. The molecule has 0 bridgehead atoms. The smallest absolute Gasteiger partial charge is 0.407 e. The molecule has 0 unspecified atom stereocenters. The summed E-state index contributed by atoms with van der Waals surface area (Å²) in [5.41, 5.74) is 1.69. The van der Waals surface area contributed by atoms with Crippen molar-refractivity contribution in [3.63, 3.8) is 0 Å². The average Bonchev–Trinajstić information content (AvgIpc) is 3.04. The van der Waals surface area contributed by atoms with Crippen LogP contribution >= 0.6 is 12.4 Å². The Morgan fingerprint density at radius 1 is 0.644 bits per heavy atom. The number of unbranched alkanes of at least 4 members (excludes halogenated alkanes) is 17. The van der Waals surface area contributed by atoms with Gasteiger partial charge in [-0.1, -0.05) is 148 Å². The van der Waals surface area contributed by atoms with Crippen molar-refractivity contribution < 1.29 is 14.3 Å². The molecule has 2 amide bonds. The number of halogens is 1. The maximum absolute atomic E-state index is 12.4. The number of ether oxygens (including phenoxy) is 1. The van der Waals surface area contributed by atoms with Gasteiger partial charge >= 0.3 is 6.09 Å². The average molecular weight is 652 g/mol. The Kier molecular flexibility index (Phi) is 30.9. The van der Waals surface area contributed by atoms with Gasteiger partial charge in [0.05, 0.1) is 0 Å². The molecule has 0 fully saturated rings. The lowest BCUT2D eigenvalue weighted by molar-refractivity contribution is -0.107. The summed E-state index contributed by atoms with van der Waals surface area (Å²) >= 11 is 0. The van der Waals surface area contributed by atoms with Crippen LogP contribution in [-0.2, 0) is 16.1 Å². The molecule has 6 nitrogen and oxygen atoms in total. The van der Waals surface area contributed by atoms with E-state index in [1.165, 1.54) is 116 Å². The summed E-state index contributed by atoms with van der Waals surface area (Å²) in [4.78, 5) is 28.6. The topological polar surface area (TPSA) is 61.9 Å². The highest BCUT2D eigenvalue weighted by Crippen LogP contribution is 2.21. The zero-order valence-corrected chi connectivity index (χ0v) is 30.3. The Morgan fingerprint density at radius 2 is 1.11 bits per heavy atom. The lowest BCUT2D eigenvalue weighted by Crippen LogP contribution is -2.31. The Labute approximate surface area is 284 Å². The fourth-order valence-corrected chi connectivity index (χ4v) is 5.76. The van der Waals surface area contributed by atoms with E-state index in [2.05, 4.69) is 31.0 Å². The third-order valence-corrected chi connectivity index (χ3v) is 8.62. The molecule has 1 aromatic carbocycles. The number of anilines is 1. The molecule has 1 N–H and O–H groups in total. The molecule has 7 heteroatoms. The van der Waals surface area contributed by atoms with E-state index in [0.717, 1.165) is 56.6 Å². The van der Waals surface area contributed by atoms with E-state index < -0.39 is 6.09 Å². The molecule has 0 aliphatic carbocycles. The predicted molar refractivity (Wildman–Crippen MR) is 196 cm³/mol. The second kappa shape index (κ2) is 32.2. The number of para-hydroxylation sites is 1. The van der Waals surface area contributed by atoms with Crippen molar-refractivity contribution in [3.05, 3.63) is 29.8 Å². The molecule has 262 valence electrons. The molecule has 0 saturated carbocycles. The first-order chi connectivity index (χ1) is 21.7. The van der Waals surface area contributed by atoms with Gasteiger partial charge in [0.1, 0.15) is 6.61 Å². The van der Waals surface area contributed by atoms with Crippen LogP contribution in [0.5, 0.6) is 0 Å². The van der Waals surface area contributed by atoms with Crippen LogP contribution < -0.4 is 10.2 Å². The molecule has 0 spiro atoms. The van der Waals surface area contributed by atoms with Gasteiger partial charge in [0.2, 0.25) is 6.41 Å². The van der Waals surface area contributed by atoms with Gasteiger partial charge in [-0.3, -0.25) is 4.79 Å². The number of carbonyl (C=O) groups excluding carboxylic acids is 2. The van der Waals surface area contributed by atoms with Crippen molar-refractivity contribution in [3.8, 4) is 0 Å². The Balaban J connectivity index is 0.0000194. The zero-order valence-electron chi connectivity index (χ0n) is 29.5. The summed E-state index contributed by atoms with van der Waals surface area (Å²) in [5.74, 6) is 0. The van der Waals surface area contributed by atoms with Crippen LogP contribution in [0.1, 0.15) is 161 Å². The van der Waals surface area contributed by atoms with Crippen LogP contribution in [0, 0.1) is 0 Å². The number of amides is 2. The van der Waals surface area contributed by atoms with Crippen molar-refractivity contribution in [2.75, 3.05) is 37.6 Å². The van der Waals surface area contributed by atoms with E-state index in [9.17, 15) is 9.59 Å². The standard InChI is InChI=1S/C38H69N3O3.ClH/c1-4-7-10-11-12-13-14-15-16-17-18-19-20-21-22-25-33-41(35-42)37-28-24-23-27-36(37)34-44-38(43)39-29-26-32-40(30-8-5-2)31-9-6-3;/h23-24,27-28,35H,4-22,25-26,29-34H2,1-3H3,(H,39,43);1H. The quantitative estimate of drug-likeness (QED) is 0.0641. The summed E-state index contributed by atoms with van der Waals surface area (Å²) in [6, 6.07) is 7.75. The van der Waals surface area contributed by atoms with Gasteiger partial charge in [-0.2, -0.15) is 0 Å². The summed E-state index contributed by atoms with van der Waals surface area (Å²) in [5, 5.41) is 2.90. The highest BCUT2D eigenvalue weighted by Gasteiger charge is 2.12. The van der Waals surface area contributed by atoms with Gasteiger partial charge in [-0.15, -0.1) is 12.4 Å². The first-order valence-corrected chi connectivity index (χ1v) is 18.6. The van der Waals surface area contributed by atoms with Crippen molar-refractivity contribution >= 4 is 30.6 Å². The molecule has 1 aromatic rings. The van der Waals surface area contributed by atoms with Gasteiger partial charge in [0.25, 0.3) is 0 Å². The molecular formula is C38H70ClN3O3. The molecule has 0 aliphatic heterocycles. The Morgan fingerprint density at radius 3 is 1.62 bits per heavy atom. The second-order valence-electron chi connectivity index (χ2n) is 12.6. The van der Waals surface area contributed by atoms with Crippen LogP contribution in [0.4, 0.5) is 10.5 Å². The predicted octanol–water partition coefficient (Wildman–Crippen LogP) is 10.9. The first kappa shape index (κ1) is 43.2. The fraction of sp³-hybridized carbons (Fsp3) is 0.789. The number of hydrogen-bond donors (Lipinski definition) is 1. The number of nitrogens with zero attached hydrogens (tertiary/aromatic N) is 2. The maximum Gasteiger partial charge on any atom is 0.407 e. The van der Waals surface area contributed by atoms with Crippen LogP contribution in [0.3, 0.4) is 0 Å². The van der Waals surface area contributed by atoms with Gasteiger partial charge < -0.3 is 19.9 Å². The number of rotatable bonds is 31. The zero-order chi connectivity index (χ0) is 31.9. The van der Waals surface area contributed by atoms with E-state index >= 15 is 0 Å². The van der Waals surface area contributed by atoms with Gasteiger partial charge in [0.15, 0.2) is 0 Å². The van der Waals surface area contributed by atoms with E-state index in [-0.39, 0.29) is 19.0 Å². The van der Waals surface area contributed by atoms with Gasteiger partial charge in [-0.25, -0.2) is 4.79 Å². The summed E-state index contributed by atoms with van der Waals surface area (Å²) in [7, 11) is 0. The lowest BCUT2D eigenvalue weighted by atomic mass is 10.0. The maximum atomic E-state index is 12.4. The van der Waals surface area contributed by atoms with Crippen LogP contribution in [0.2, 0.25) is 0 Å². The normalized spacial score (nSPS) is 10.9. The number of benzene rings is 1. The third-order valence-electron chi connectivity index (χ3n) is 8.62. The van der Waals surface area contributed by atoms with E-state index in [1.807, 2.05) is 24.3 Å². The molecule has 0 atom stereocenters. The molecule has 0 heterocycles. The largest absolute Gasteiger partial charge is 0.445 e. The van der Waals surface area contributed by atoms with Crippen LogP contribution in [-0.4, -0.2) is 50.1 Å². The first-order valence-electron chi connectivity index (χ1n) is 18.6. The Hall–Kier alpha value is -1.79. The SMILES string of the molecule is CCCCCCCCCCCCCCCCCCN(C=O)c1ccccc1COC(=O)NCCCN(CCCC)CCCC.Cl. The lowest BCUT2D eigenvalue weighted by Gasteiger charge is -2.22. The van der Waals surface area contributed by atoms with Crippen molar-refractivity contribution in [1.82, 2.24) is 10.2 Å². The Bertz CT molecular complexity index is 802. The number of carbonyl (C=O) groups is 2. The third kappa shape index (κ3) is 24.1. The molecule has 0 aliphatic rings. The van der Waals surface area contributed by atoms with E-state index in [1.54, 1.807) is 4.90 Å². The fourth-order valence-electron chi connectivity index (χ4n) is 5.76. The monoisotopic (exact) mass is 652 g/mol. The van der Waals surface area contributed by atoms with Crippen LogP contribution in [0.15, 0.2) is 24.3 Å². The summed E-state index contributed by atoms with van der Waals surface area (Å²) in [6.07, 6.45) is 27.6. The van der Waals surface area contributed by atoms with Crippen molar-refractivity contribution in [2.45, 2.75) is 162 Å². The highest BCUT2D eigenvalue weighted by atomic mass is 35.5. The minimum Gasteiger partial charge on any atom is -0.445 e. The summed E-state index contributed by atoms with van der Waals surface area (Å²) in [6.45, 7) is 11.4. The molecule has 0 radical (unpaired) electrons. The molecule has 45 heavy (non-hydrogen) atoms. The molecule has 0 saturated heterocycles. The van der Waals surface area contributed by atoms with E-state index in [0.29, 0.717) is 13.1 Å². The minimum absolute atomic E-state index is 0. The minimum atomic E-state index is -0.399.